The first-order valence-corrected chi connectivity index (χ1v) is 12.4. The summed E-state index contributed by atoms with van der Waals surface area (Å²) in [4.78, 5) is 15.4. The molecule has 0 fully saturated rings. The molecular weight excluding hydrogens is 436 g/mol. The van der Waals surface area contributed by atoms with Gasteiger partial charge < -0.3 is 9.64 Å². The first-order valence-electron chi connectivity index (χ1n) is 10.9. The van der Waals surface area contributed by atoms with Crippen LogP contribution in [0.3, 0.4) is 0 Å². The molecule has 1 atom stereocenters. The Morgan fingerprint density at radius 3 is 2.42 bits per heavy atom. The van der Waals surface area contributed by atoms with Crippen LogP contribution in [0.4, 0.5) is 0 Å². The molecule has 1 N–H and O–H groups in total. The topological polar surface area (TPSA) is 75.7 Å². The highest BCUT2D eigenvalue weighted by Gasteiger charge is 2.31. The van der Waals surface area contributed by atoms with Crippen LogP contribution >= 0.6 is 0 Å². The third kappa shape index (κ3) is 5.26. The van der Waals surface area contributed by atoms with Gasteiger partial charge in [-0.05, 0) is 60.2 Å². The number of carbonyl (C=O) groups is 1. The number of hydrogen-bond donors (Lipinski definition) is 1. The molecule has 1 aliphatic rings. The van der Waals surface area contributed by atoms with Crippen LogP contribution in [0.1, 0.15) is 22.3 Å². The van der Waals surface area contributed by atoms with E-state index in [2.05, 4.69) is 10.8 Å². The van der Waals surface area contributed by atoms with E-state index in [1.807, 2.05) is 48.5 Å². The molecule has 1 unspecified atom stereocenters. The number of aryl methyl sites for hydroxylation is 1. The van der Waals surface area contributed by atoms with E-state index < -0.39 is 16.1 Å². The molecule has 0 aromatic heterocycles. The average molecular weight is 465 g/mol. The van der Waals surface area contributed by atoms with Gasteiger partial charge in [0.25, 0.3) is 0 Å². The maximum atomic E-state index is 13.6. The van der Waals surface area contributed by atoms with Gasteiger partial charge in [0.1, 0.15) is 11.8 Å². The molecule has 6 nitrogen and oxygen atoms in total. The van der Waals surface area contributed by atoms with E-state index in [1.165, 1.54) is 11.6 Å². The van der Waals surface area contributed by atoms with Gasteiger partial charge in [-0.25, -0.2) is 8.42 Å². The SMILES string of the molecule is COc1ccc(S(=O)(=O)NC(Cc2ccccc2)C(=O)N2CCc3ccccc3C2)cc1C. The van der Waals surface area contributed by atoms with E-state index in [-0.39, 0.29) is 17.2 Å². The smallest absolute Gasteiger partial charge is 0.241 e. The molecule has 0 bridgehead atoms. The summed E-state index contributed by atoms with van der Waals surface area (Å²) in [6.45, 7) is 2.82. The first kappa shape index (κ1) is 23.0. The van der Waals surface area contributed by atoms with Crippen molar-refractivity contribution in [1.29, 1.82) is 0 Å². The minimum atomic E-state index is -3.92. The number of sulfonamides is 1. The van der Waals surface area contributed by atoms with Gasteiger partial charge in [0.15, 0.2) is 0 Å². The van der Waals surface area contributed by atoms with Crippen LogP contribution in [0.5, 0.6) is 5.75 Å². The van der Waals surface area contributed by atoms with Crippen LogP contribution in [-0.4, -0.2) is 38.9 Å². The molecule has 0 radical (unpaired) electrons. The lowest BCUT2D eigenvalue weighted by Gasteiger charge is -2.32. The molecule has 33 heavy (non-hydrogen) atoms. The molecule has 1 amide bonds. The van der Waals surface area contributed by atoms with Gasteiger partial charge in [0.2, 0.25) is 15.9 Å². The minimum Gasteiger partial charge on any atom is -0.496 e. The lowest BCUT2D eigenvalue weighted by Crippen LogP contribution is -2.50. The monoisotopic (exact) mass is 464 g/mol. The zero-order valence-corrected chi connectivity index (χ0v) is 19.6. The second kappa shape index (κ2) is 9.77. The summed E-state index contributed by atoms with van der Waals surface area (Å²) < 4.78 is 34.4. The van der Waals surface area contributed by atoms with Crippen molar-refractivity contribution in [2.24, 2.45) is 0 Å². The van der Waals surface area contributed by atoms with E-state index in [0.29, 0.717) is 24.4 Å². The van der Waals surface area contributed by atoms with E-state index in [0.717, 1.165) is 17.5 Å². The maximum Gasteiger partial charge on any atom is 0.241 e. The van der Waals surface area contributed by atoms with Crippen LogP contribution in [0.25, 0.3) is 0 Å². The molecular formula is C26H28N2O4S. The van der Waals surface area contributed by atoms with E-state index >= 15 is 0 Å². The fraction of sp³-hybridized carbons (Fsp3) is 0.269. The highest BCUT2D eigenvalue weighted by atomic mass is 32.2. The summed E-state index contributed by atoms with van der Waals surface area (Å²) in [6, 6.07) is 21.3. The molecule has 0 saturated heterocycles. The lowest BCUT2D eigenvalue weighted by atomic mass is 9.98. The Morgan fingerprint density at radius 2 is 1.73 bits per heavy atom. The molecule has 1 heterocycles. The van der Waals surface area contributed by atoms with E-state index in [9.17, 15) is 13.2 Å². The number of methoxy groups -OCH3 is 1. The Hall–Kier alpha value is -3.16. The first-order chi connectivity index (χ1) is 15.9. The Bertz CT molecular complexity index is 1240. The summed E-state index contributed by atoms with van der Waals surface area (Å²) in [5.41, 5.74) is 3.93. The van der Waals surface area contributed by atoms with Crippen molar-refractivity contribution >= 4 is 15.9 Å². The third-order valence-corrected chi connectivity index (χ3v) is 7.47. The van der Waals surface area contributed by atoms with Crippen molar-refractivity contribution in [3.63, 3.8) is 0 Å². The fourth-order valence-corrected chi connectivity index (χ4v) is 5.48. The molecule has 3 aromatic carbocycles. The molecule has 1 aliphatic heterocycles. The zero-order valence-electron chi connectivity index (χ0n) is 18.8. The molecule has 0 spiro atoms. The number of carbonyl (C=O) groups excluding carboxylic acids is 1. The molecule has 0 saturated carbocycles. The van der Waals surface area contributed by atoms with Crippen molar-refractivity contribution < 1.29 is 17.9 Å². The van der Waals surface area contributed by atoms with E-state index in [4.69, 9.17) is 4.74 Å². The van der Waals surface area contributed by atoms with Crippen molar-refractivity contribution in [3.05, 3.63) is 95.1 Å². The number of nitrogens with one attached hydrogen (secondary N) is 1. The Balaban J connectivity index is 1.61. The molecule has 7 heteroatoms. The zero-order chi connectivity index (χ0) is 23.4. The maximum absolute atomic E-state index is 13.6. The van der Waals surface area contributed by atoms with Gasteiger partial charge in [0, 0.05) is 13.1 Å². The summed E-state index contributed by atoms with van der Waals surface area (Å²) in [7, 11) is -2.38. The number of amides is 1. The van der Waals surface area contributed by atoms with Crippen molar-refractivity contribution in [3.8, 4) is 5.75 Å². The highest BCUT2D eigenvalue weighted by molar-refractivity contribution is 7.89. The summed E-state index contributed by atoms with van der Waals surface area (Å²) in [6.07, 6.45) is 1.02. The number of benzene rings is 3. The summed E-state index contributed by atoms with van der Waals surface area (Å²) in [5, 5.41) is 0. The number of rotatable bonds is 7. The fourth-order valence-electron chi connectivity index (χ4n) is 4.21. The molecule has 172 valence electrons. The molecule has 0 aliphatic carbocycles. The molecule has 3 aromatic rings. The van der Waals surface area contributed by atoms with Crippen molar-refractivity contribution in [2.75, 3.05) is 13.7 Å². The quantitative estimate of drug-likeness (QED) is 0.581. The second-order valence-corrected chi connectivity index (χ2v) is 9.99. The Labute approximate surface area is 195 Å². The number of hydrogen-bond acceptors (Lipinski definition) is 4. The van der Waals surface area contributed by atoms with Crippen LogP contribution in [0.15, 0.2) is 77.7 Å². The van der Waals surface area contributed by atoms with E-state index in [1.54, 1.807) is 31.1 Å². The molecule has 4 rings (SSSR count). The van der Waals surface area contributed by atoms with Gasteiger partial charge in [-0.15, -0.1) is 0 Å². The van der Waals surface area contributed by atoms with Gasteiger partial charge in [-0.2, -0.15) is 4.72 Å². The van der Waals surface area contributed by atoms with Gasteiger partial charge in [-0.1, -0.05) is 54.6 Å². The van der Waals surface area contributed by atoms with Gasteiger partial charge >= 0.3 is 0 Å². The minimum absolute atomic E-state index is 0.107. The van der Waals surface area contributed by atoms with Crippen molar-refractivity contribution in [2.45, 2.75) is 37.2 Å². The van der Waals surface area contributed by atoms with Gasteiger partial charge in [0.05, 0.1) is 12.0 Å². The van der Waals surface area contributed by atoms with Crippen LogP contribution in [0, 0.1) is 6.92 Å². The number of nitrogens with zero attached hydrogens (tertiary/aromatic N) is 1. The van der Waals surface area contributed by atoms with Crippen LogP contribution in [-0.2, 0) is 34.2 Å². The predicted molar refractivity (Wildman–Crippen MR) is 128 cm³/mol. The highest BCUT2D eigenvalue weighted by Crippen LogP contribution is 2.23. The summed E-state index contributed by atoms with van der Waals surface area (Å²) >= 11 is 0. The largest absolute Gasteiger partial charge is 0.496 e. The second-order valence-electron chi connectivity index (χ2n) is 8.27. The third-order valence-electron chi connectivity index (χ3n) is 6.00. The van der Waals surface area contributed by atoms with Crippen molar-refractivity contribution in [1.82, 2.24) is 9.62 Å². The number of fused-ring (bicyclic) bond motifs is 1. The standard InChI is InChI=1S/C26H28N2O4S/c1-19-16-23(12-13-25(19)32-2)33(30,31)27-24(17-20-8-4-3-5-9-20)26(29)28-15-14-21-10-6-7-11-22(21)18-28/h3-13,16,24,27H,14-15,17-18H2,1-2H3. The predicted octanol–water partition coefficient (Wildman–Crippen LogP) is 3.48. The Morgan fingerprint density at radius 1 is 1.03 bits per heavy atom. The van der Waals surface area contributed by atoms with Crippen LogP contribution < -0.4 is 9.46 Å². The summed E-state index contributed by atoms with van der Waals surface area (Å²) in [5.74, 6) is 0.389. The normalized spacial score (nSPS) is 14.4. The van der Waals surface area contributed by atoms with Crippen LogP contribution in [0.2, 0.25) is 0 Å². The number of ether oxygens (including phenoxy) is 1. The average Bonchev–Trinajstić information content (AvgIpc) is 2.83. The lowest BCUT2D eigenvalue weighted by molar-refractivity contribution is -0.133. The van der Waals surface area contributed by atoms with Gasteiger partial charge in [-0.3, -0.25) is 4.79 Å². The Kier molecular flexibility index (Phi) is 6.81.